The molecule has 100 valence electrons. The summed E-state index contributed by atoms with van der Waals surface area (Å²) in [5.41, 5.74) is 0.914. The van der Waals surface area contributed by atoms with Crippen molar-refractivity contribution in [1.82, 2.24) is 4.98 Å². The largest absolute Gasteiger partial charge is 0.465 e. The zero-order valence-electron chi connectivity index (χ0n) is 11.1. The Balaban J connectivity index is 2.82. The Morgan fingerprint density at radius 2 is 2.17 bits per heavy atom. The summed E-state index contributed by atoms with van der Waals surface area (Å²) < 4.78 is 5.95. The van der Waals surface area contributed by atoms with Gasteiger partial charge in [-0.3, -0.25) is 4.79 Å². The average molecular weight is 315 g/mol. The molecule has 18 heavy (non-hydrogen) atoms. The first-order valence-corrected chi connectivity index (χ1v) is 6.91. The van der Waals surface area contributed by atoms with Gasteiger partial charge in [0.2, 0.25) is 0 Å². The minimum Gasteiger partial charge on any atom is -0.465 e. The second-order valence-electron chi connectivity index (χ2n) is 3.96. The topological polar surface area (TPSA) is 42.4 Å². The van der Waals surface area contributed by atoms with Gasteiger partial charge in [0, 0.05) is 11.0 Å². The van der Waals surface area contributed by atoms with Gasteiger partial charge in [0.15, 0.2) is 0 Å². The van der Waals surface area contributed by atoms with Gasteiger partial charge >= 0.3 is 5.97 Å². The van der Waals surface area contributed by atoms with Crippen molar-refractivity contribution in [1.29, 1.82) is 0 Å². The maximum Gasteiger partial charge on any atom is 0.325 e. The molecule has 0 unspecified atom stereocenters. The van der Waals surface area contributed by atoms with Gasteiger partial charge in [0.1, 0.15) is 12.4 Å². The highest BCUT2D eigenvalue weighted by molar-refractivity contribution is 9.10. The van der Waals surface area contributed by atoms with Crippen LogP contribution in [0.15, 0.2) is 16.6 Å². The van der Waals surface area contributed by atoms with E-state index in [-0.39, 0.29) is 12.5 Å². The average Bonchev–Trinajstić information content (AvgIpc) is 2.32. The predicted molar refractivity (Wildman–Crippen MR) is 75.8 cm³/mol. The van der Waals surface area contributed by atoms with Crippen molar-refractivity contribution in [2.75, 3.05) is 24.6 Å². The lowest BCUT2D eigenvalue weighted by Gasteiger charge is -2.22. The number of hydrogen-bond acceptors (Lipinski definition) is 4. The first-order chi connectivity index (χ1) is 8.58. The Kier molecular flexibility index (Phi) is 6.12. The highest BCUT2D eigenvalue weighted by atomic mass is 79.9. The fraction of sp³-hybridized carbons (Fsp3) is 0.538. The van der Waals surface area contributed by atoms with Gasteiger partial charge in [-0.05, 0) is 48.3 Å². The number of nitrogens with zero attached hydrogens (tertiary/aromatic N) is 2. The molecule has 5 heteroatoms. The first kappa shape index (κ1) is 15.0. The minimum absolute atomic E-state index is 0.215. The maximum atomic E-state index is 11.6. The number of pyridine rings is 1. The van der Waals surface area contributed by atoms with Gasteiger partial charge in [-0.25, -0.2) is 4.98 Å². The summed E-state index contributed by atoms with van der Waals surface area (Å²) in [6.07, 6.45) is 0.955. The molecular formula is C13H19BrN2O2. The molecule has 1 rings (SSSR count). The summed E-state index contributed by atoms with van der Waals surface area (Å²) in [4.78, 5) is 18.0. The SMILES string of the molecule is CCCN(CC(=O)OCC)c1ccc(Br)c(C)n1. The van der Waals surface area contributed by atoms with E-state index in [1.54, 1.807) is 0 Å². The van der Waals surface area contributed by atoms with Crippen LogP contribution in [0.4, 0.5) is 5.82 Å². The van der Waals surface area contributed by atoms with Crippen molar-refractivity contribution in [3.05, 3.63) is 22.3 Å². The first-order valence-electron chi connectivity index (χ1n) is 6.12. The fourth-order valence-electron chi connectivity index (χ4n) is 1.61. The summed E-state index contributed by atoms with van der Waals surface area (Å²) in [7, 11) is 0. The number of carbonyl (C=O) groups excluding carboxylic acids is 1. The van der Waals surface area contributed by atoms with Gasteiger partial charge in [-0.15, -0.1) is 0 Å². The minimum atomic E-state index is -0.215. The van der Waals surface area contributed by atoms with Crippen LogP contribution in [0, 0.1) is 6.92 Å². The second-order valence-corrected chi connectivity index (χ2v) is 4.82. The Morgan fingerprint density at radius 3 is 2.72 bits per heavy atom. The molecule has 0 fully saturated rings. The Morgan fingerprint density at radius 1 is 1.44 bits per heavy atom. The van der Waals surface area contributed by atoms with E-state index in [2.05, 4.69) is 27.8 Å². The molecule has 0 aliphatic rings. The lowest BCUT2D eigenvalue weighted by atomic mass is 10.3. The summed E-state index contributed by atoms with van der Waals surface area (Å²) in [6, 6.07) is 3.86. The van der Waals surface area contributed by atoms with Crippen molar-refractivity contribution in [2.45, 2.75) is 27.2 Å². The third-order valence-electron chi connectivity index (χ3n) is 2.45. The van der Waals surface area contributed by atoms with Crippen LogP contribution in [0.25, 0.3) is 0 Å². The number of esters is 1. The summed E-state index contributed by atoms with van der Waals surface area (Å²) in [6.45, 7) is 7.25. The zero-order chi connectivity index (χ0) is 13.5. The lowest BCUT2D eigenvalue weighted by molar-refractivity contribution is -0.141. The molecule has 1 aromatic heterocycles. The number of anilines is 1. The summed E-state index contributed by atoms with van der Waals surface area (Å²) >= 11 is 3.42. The zero-order valence-corrected chi connectivity index (χ0v) is 12.7. The molecule has 0 atom stereocenters. The Labute approximate surface area is 116 Å². The predicted octanol–water partition coefficient (Wildman–Crippen LogP) is 2.93. The monoisotopic (exact) mass is 314 g/mol. The second kappa shape index (κ2) is 7.36. The molecule has 4 nitrogen and oxygen atoms in total. The van der Waals surface area contributed by atoms with E-state index in [4.69, 9.17) is 4.74 Å². The number of rotatable bonds is 6. The molecule has 0 saturated heterocycles. The number of halogens is 1. The smallest absolute Gasteiger partial charge is 0.325 e. The Hall–Kier alpha value is -1.10. The molecule has 0 aliphatic heterocycles. The molecule has 0 spiro atoms. The number of aromatic nitrogens is 1. The standard InChI is InChI=1S/C13H19BrN2O2/c1-4-8-16(9-13(17)18-5-2)12-7-6-11(14)10(3)15-12/h6-7H,4-5,8-9H2,1-3H3. The quantitative estimate of drug-likeness (QED) is 0.757. The summed E-state index contributed by atoms with van der Waals surface area (Å²) in [5.74, 6) is 0.596. The van der Waals surface area contributed by atoms with Crippen molar-refractivity contribution in [3.63, 3.8) is 0 Å². The normalized spacial score (nSPS) is 10.2. The van der Waals surface area contributed by atoms with Crippen LogP contribution >= 0.6 is 15.9 Å². The van der Waals surface area contributed by atoms with E-state index >= 15 is 0 Å². The number of ether oxygens (including phenoxy) is 1. The van der Waals surface area contributed by atoms with Crippen LogP contribution < -0.4 is 4.90 Å². The van der Waals surface area contributed by atoms with Crippen molar-refractivity contribution < 1.29 is 9.53 Å². The molecule has 0 radical (unpaired) electrons. The molecule has 0 amide bonds. The number of hydrogen-bond donors (Lipinski definition) is 0. The number of aryl methyl sites for hydroxylation is 1. The molecule has 1 heterocycles. The molecule has 0 bridgehead atoms. The highest BCUT2D eigenvalue weighted by Gasteiger charge is 2.13. The van der Waals surface area contributed by atoms with Crippen molar-refractivity contribution in [2.24, 2.45) is 0 Å². The van der Waals surface area contributed by atoms with Gasteiger partial charge < -0.3 is 9.64 Å². The fourth-order valence-corrected chi connectivity index (χ4v) is 1.83. The van der Waals surface area contributed by atoms with Crippen LogP contribution in [0.5, 0.6) is 0 Å². The van der Waals surface area contributed by atoms with Crippen LogP contribution in [0.2, 0.25) is 0 Å². The van der Waals surface area contributed by atoms with E-state index in [1.807, 2.05) is 30.9 Å². The van der Waals surface area contributed by atoms with E-state index in [0.717, 1.165) is 29.0 Å². The third kappa shape index (κ3) is 4.29. The van der Waals surface area contributed by atoms with Gasteiger partial charge in [0.05, 0.1) is 12.3 Å². The van der Waals surface area contributed by atoms with Gasteiger partial charge in [-0.2, -0.15) is 0 Å². The van der Waals surface area contributed by atoms with Crippen LogP contribution in [0.3, 0.4) is 0 Å². The van der Waals surface area contributed by atoms with Crippen LogP contribution in [-0.4, -0.2) is 30.6 Å². The van der Waals surface area contributed by atoms with Gasteiger partial charge in [0.25, 0.3) is 0 Å². The van der Waals surface area contributed by atoms with Crippen molar-refractivity contribution >= 4 is 27.7 Å². The highest BCUT2D eigenvalue weighted by Crippen LogP contribution is 2.19. The van der Waals surface area contributed by atoms with Crippen LogP contribution in [0.1, 0.15) is 26.0 Å². The van der Waals surface area contributed by atoms with E-state index < -0.39 is 0 Å². The molecule has 0 aromatic carbocycles. The van der Waals surface area contributed by atoms with Crippen molar-refractivity contribution in [3.8, 4) is 0 Å². The van der Waals surface area contributed by atoms with Crippen LogP contribution in [-0.2, 0) is 9.53 Å². The maximum absolute atomic E-state index is 11.6. The molecular weight excluding hydrogens is 296 g/mol. The van der Waals surface area contributed by atoms with E-state index in [1.165, 1.54) is 0 Å². The molecule has 1 aromatic rings. The van der Waals surface area contributed by atoms with Gasteiger partial charge in [-0.1, -0.05) is 6.92 Å². The lowest BCUT2D eigenvalue weighted by Crippen LogP contribution is -2.32. The molecule has 0 saturated carbocycles. The third-order valence-corrected chi connectivity index (χ3v) is 3.29. The molecule has 0 aliphatic carbocycles. The van der Waals surface area contributed by atoms with E-state index in [9.17, 15) is 4.79 Å². The Bertz CT molecular complexity index is 410. The number of carbonyl (C=O) groups is 1. The van der Waals surface area contributed by atoms with E-state index in [0.29, 0.717) is 6.61 Å². The molecule has 0 N–H and O–H groups in total. The summed E-state index contributed by atoms with van der Waals surface area (Å²) in [5, 5.41) is 0.